The zero-order valence-electron chi connectivity index (χ0n) is 16.7. The SMILES string of the molecule is COc1ccc(NS(=O)(=O)c2cccc(C(=O)Nc3cccc(C)c3C)c2)cc1Br. The molecule has 0 spiro atoms. The van der Waals surface area contributed by atoms with Crippen molar-refractivity contribution in [2.75, 3.05) is 17.1 Å². The summed E-state index contributed by atoms with van der Waals surface area (Å²) in [4.78, 5) is 12.7. The molecule has 0 saturated heterocycles. The summed E-state index contributed by atoms with van der Waals surface area (Å²) in [5, 5.41) is 2.84. The first-order valence-electron chi connectivity index (χ1n) is 9.05. The number of anilines is 2. The summed E-state index contributed by atoms with van der Waals surface area (Å²) in [5.41, 5.74) is 3.32. The van der Waals surface area contributed by atoms with Gasteiger partial charge in [0.05, 0.1) is 22.2 Å². The second kappa shape index (κ2) is 8.89. The van der Waals surface area contributed by atoms with Gasteiger partial charge in [-0.25, -0.2) is 8.42 Å². The first-order valence-corrected chi connectivity index (χ1v) is 11.3. The third kappa shape index (κ3) is 4.83. The summed E-state index contributed by atoms with van der Waals surface area (Å²) < 4.78 is 33.9. The number of methoxy groups -OCH3 is 1. The molecule has 0 aliphatic rings. The number of ether oxygens (including phenoxy) is 1. The molecule has 30 heavy (non-hydrogen) atoms. The van der Waals surface area contributed by atoms with E-state index in [1.54, 1.807) is 24.3 Å². The summed E-state index contributed by atoms with van der Waals surface area (Å²) in [6.45, 7) is 3.88. The fraction of sp³-hybridized carbons (Fsp3) is 0.136. The average molecular weight is 489 g/mol. The van der Waals surface area contributed by atoms with E-state index < -0.39 is 10.0 Å². The summed E-state index contributed by atoms with van der Waals surface area (Å²) >= 11 is 3.33. The van der Waals surface area contributed by atoms with Gasteiger partial charge in [0.25, 0.3) is 15.9 Å². The predicted molar refractivity (Wildman–Crippen MR) is 122 cm³/mol. The fourth-order valence-electron chi connectivity index (χ4n) is 2.83. The summed E-state index contributed by atoms with van der Waals surface area (Å²) in [6.07, 6.45) is 0. The third-order valence-electron chi connectivity index (χ3n) is 4.66. The number of carbonyl (C=O) groups excluding carboxylic acids is 1. The average Bonchev–Trinajstić information content (AvgIpc) is 2.71. The zero-order chi connectivity index (χ0) is 21.9. The molecule has 3 rings (SSSR count). The van der Waals surface area contributed by atoms with E-state index in [-0.39, 0.29) is 16.4 Å². The second-order valence-corrected chi connectivity index (χ2v) is 9.22. The van der Waals surface area contributed by atoms with E-state index in [1.807, 2.05) is 32.0 Å². The highest BCUT2D eigenvalue weighted by Crippen LogP contribution is 2.29. The topological polar surface area (TPSA) is 84.5 Å². The molecule has 0 saturated carbocycles. The minimum absolute atomic E-state index is 0.0111. The van der Waals surface area contributed by atoms with Gasteiger partial charge in [0.1, 0.15) is 5.75 Å². The van der Waals surface area contributed by atoms with Crippen LogP contribution in [-0.4, -0.2) is 21.4 Å². The molecule has 3 aromatic rings. The number of hydrogen-bond donors (Lipinski definition) is 2. The number of rotatable bonds is 6. The first-order chi connectivity index (χ1) is 14.2. The highest BCUT2D eigenvalue weighted by molar-refractivity contribution is 9.10. The van der Waals surface area contributed by atoms with Crippen molar-refractivity contribution in [3.05, 3.63) is 81.8 Å². The number of hydrogen-bond acceptors (Lipinski definition) is 4. The maximum absolute atomic E-state index is 12.8. The van der Waals surface area contributed by atoms with Gasteiger partial charge in [0, 0.05) is 11.3 Å². The maximum atomic E-state index is 12.8. The summed E-state index contributed by atoms with van der Waals surface area (Å²) in [5.74, 6) is 0.205. The van der Waals surface area contributed by atoms with Crippen LogP contribution in [0.1, 0.15) is 21.5 Å². The van der Waals surface area contributed by atoms with Crippen LogP contribution in [0, 0.1) is 13.8 Å². The number of benzene rings is 3. The molecular formula is C22H21BrN2O4S. The van der Waals surface area contributed by atoms with Crippen LogP contribution in [0.5, 0.6) is 5.75 Å². The molecule has 0 heterocycles. The second-order valence-electron chi connectivity index (χ2n) is 6.68. The van der Waals surface area contributed by atoms with E-state index in [2.05, 4.69) is 26.0 Å². The van der Waals surface area contributed by atoms with E-state index in [0.717, 1.165) is 11.1 Å². The minimum atomic E-state index is -3.89. The van der Waals surface area contributed by atoms with Crippen molar-refractivity contribution in [2.24, 2.45) is 0 Å². The summed E-state index contributed by atoms with van der Waals surface area (Å²) in [6, 6.07) is 16.4. The smallest absolute Gasteiger partial charge is 0.261 e. The van der Waals surface area contributed by atoms with Crippen molar-refractivity contribution < 1.29 is 17.9 Å². The Kier molecular flexibility index (Phi) is 6.48. The van der Waals surface area contributed by atoms with Crippen LogP contribution < -0.4 is 14.8 Å². The predicted octanol–water partition coefficient (Wildman–Crippen LogP) is 5.13. The Labute approximate surface area is 184 Å². The number of halogens is 1. The molecule has 156 valence electrons. The largest absolute Gasteiger partial charge is 0.496 e. The highest BCUT2D eigenvalue weighted by Gasteiger charge is 2.18. The van der Waals surface area contributed by atoms with Crippen LogP contribution >= 0.6 is 15.9 Å². The van der Waals surface area contributed by atoms with E-state index in [1.165, 1.54) is 25.3 Å². The van der Waals surface area contributed by atoms with Gasteiger partial charge in [0.2, 0.25) is 0 Å². The lowest BCUT2D eigenvalue weighted by Gasteiger charge is -2.12. The summed E-state index contributed by atoms with van der Waals surface area (Å²) in [7, 11) is -2.36. The highest BCUT2D eigenvalue weighted by atomic mass is 79.9. The van der Waals surface area contributed by atoms with Gasteiger partial charge in [-0.1, -0.05) is 18.2 Å². The molecule has 3 aromatic carbocycles. The molecule has 0 aliphatic heterocycles. The minimum Gasteiger partial charge on any atom is -0.496 e. The Morgan fingerprint density at radius 1 is 1.00 bits per heavy atom. The lowest BCUT2D eigenvalue weighted by Crippen LogP contribution is -2.16. The Morgan fingerprint density at radius 3 is 2.43 bits per heavy atom. The van der Waals surface area contributed by atoms with E-state index in [9.17, 15) is 13.2 Å². The maximum Gasteiger partial charge on any atom is 0.261 e. The van der Waals surface area contributed by atoms with Crippen molar-refractivity contribution in [3.8, 4) is 5.75 Å². The van der Waals surface area contributed by atoms with Gasteiger partial charge in [-0.3, -0.25) is 9.52 Å². The standard InChI is InChI=1S/C22H21BrN2O4S/c1-14-6-4-9-20(15(14)2)24-22(26)16-7-5-8-18(12-16)30(27,28)25-17-10-11-21(29-3)19(23)13-17/h4-13,25H,1-3H3,(H,24,26). The lowest BCUT2D eigenvalue weighted by atomic mass is 10.1. The molecule has 0 aliphatic carbocycles. The van der Waals surface area contributed by atoms with Gasteiger partial charge < -0.3 is 10.1 Å². The van der Waals surface area contributed by atoms with Crippen LogP contribution in [0.3, 0.4) is 0 Å². The molecule has 8 heteroatoms. The van der Waals surface area contributed by atoms with Crippen molar-refractivity contribution in [1.29, 1.82) is 0 Å². The number of sulfonamides is 1. The number of amides is 1. The van der Waals surface area contributed by atoms with E-state index in [4.69, 9.17) is 4.74 Å². The Hall–Kier alpha value is -2.84. The Balaban J connectivity index is 1.84. The molecule has 0 radical (unpaired) electrons. The normalized spacial score (nSPS) is 11.1. The van der Waals surface area contributed by atoms with Crippen molar-refractivity contribution >= 4 is 43.2 Å². The molecule has 0 unspecified atom stereocenters. The quantitative estimate of drug-likeness (QED) is 0.503. The van der Waals surface area contributed by atoms with Crippen molar-refractivity contribution in [1.82, 2.24) is 0 Å². The van der Waals surface area contributed by atoms with Gasteiger partial charge in [-0.2, -0.15) is 0 Å². The first kappa shape index (κ1) is 21.9. The van der Waals surface area contributed by atoms with Gasteiger partial charge in [-0.15, -0.1) is 0 Å². The van der Waals surface area contributed by atoms with E-state index >= 15 is 0 Å². The molecular weight excluding hydrogens is 468 g/mol. The van der Waals surface area contributed by atoms with Crippen molar-refractivity contribution in [3.63, 3.8) is 0 Å². The van der Waals surface area contributed by atoms with Crippen LogP contribution in [-0.2, 0) is 10.0 Å². The Morgan fingerprint density at radius 2 is 1.73 bits per heavy atom. The van der Waals surface area contributed by atoms with Gasteiger partial charge >= 0.3 is 0 Å². The van der Waals surface area contributed by atoms with E-state index in [0.29, 0.717) is 21.6 Å². The number of nitrogens with one attached hydrogen (secondary N) is 2. The number of carbonyl (C=O) groups is 1. The van der Waals surface area contributed by atoms with Crippen LogP contribution in [0.15, 0.2) is 70.0 Å². The van der Waals surface area contributed by atoms with Crippen LogP contribution in [0.2, 0.25) is 0 Å². The molecule has 0 atom stereocenters. The zero-order valence-corrected chi connectivity index (χ0v) is 19.1. The van der Waals surface area contributed by atoms with Gasteiger partial charge in [-0.05, 0) is 83.4 Å². The molecule has 1 amide bonds. The Bertz CT molecular complexity index is 1210. The van der Waals surface area contributed by atoms with Crippen LogP contribution in [0.25, 0.3) is 0 Å². The number of aryl methyl sites for hydroxylation is 1. The molecule has 2 N–H and O–H groups in total. The molecule has 0 aromatic heterocycles. The third-order valence-corrected chi connectivity index (χ3v) is 6.66. The van der Waals surface area contributed by atoms with Gasteiger partial charge in [0.15, 0.2) is 0 Å². The molecule has 6 nitrogen and oxygen atoms in total. The van der Waals surface area contributed by atoms with Crippen molar-refractivity contribution in [2.45, 2.75) is 18.7 Å². The molecule has 0 bridgehead atoms. The lowest BCUT2D eigenvalue weighted by molar-refractivity contribution is 0.102. The van der Waals surface area contributed by atoms with Crippen LogP contribution in [0.4, 0.5) is 11.4 Å². The molecule has 0 fully saturated rings. The monoisotopic (exact) mass is 488 g/mol. The fourth-order valence-corrected chi connectivity index (χ4v) is 4.47.